The summed E-state index contributed by atoms with van der Waals surface area (Å²) in [5.41, 5.74) is 1.51. The molecule has 0 radical (unpaired) electrons. The van der Waals surface area contributed by atoms with Crippen molar-refractivity contribution in [3.8, 4) is 5.75 Å². The molecule has 4 heteroatoms. The van der Waals surface area contributed by atoms with E-state index >= 15 is 0 Å². The summed E-state index contributed by atoms with van der Waals surface area (Å²) in [5.74, 6) is -0.291. The largest absolute Gasteiger partial charge is 0.453 e. The summed E-state index contributed by atoms with van der Waals surface area (Å²) < 4.78 is 10.1. The summed E-state index contributed by atoms with van der Waals surface area (Å²) in [7, 11) is 0. The number of carbonyl (C=O) groups is 2. The van der Waals surface area contributed by atoms with Gasteiger partial charge in [-0.3, -0.25) is 9.59 Å². The molecule has 0 saturated heterocycles. The Bertz CT molecular complexity index is 459. The van der Waals surface area contributed by atoms with E-state index in [1.54, 1.807) is 31.2 Å². The van der Waals surface area contributed by atoms with E-state index in [1.165, 1.54) is 13.8 Å². The molecule has 0 aromatic heterocycles. The standard InChI is InChI=1S/C14H16O4/c1-9(2)14(18-11(4)16)12-5-7-13(8-6-12)17-10(3)15/h5-8,14H,1H2,2-4H3. The van der Waals surface area contributed by atoms with Crippen LogP contribution in [0.3, 0.4) is 0 Å². The van der Waals surface area contributed by atoms with Crippen molar-refractivity contribution in [1.29, 1.82) is 0 Å². The molecule has 0 N–H and O–H groups in total. The highest BCUT2D eigenvalue weighted by Gasteiger charge is 2.15. The van der Waals surface area contributed by atoms with Crippen LogP contribution in [0.2, 0.25) is 0 Å². The van der Waals surface area contributed by atoms with Gasteiger partial charge < -0.3 is 9.47 Å². The predicted molar refractivity (Wildman–Crippen MR) is 67.1 cm³/mol. The highest BCUT2D eigenvalue weighted by molar-refractivity contribution is 5.69. The third kappa shape index (κ3) is 4.05. The summed E-state index contributed by atoms with van der Waals surface area (Å²) in [4.78, 5) is 21.8. The van der Waals surface area contributed by atoms with Crippen LogP contribution in [-0.4, -0.2) is 11.9 Å². The third-order valence-corrected chi connectivity index (χ3v) is 2.18. The minimum absolute atomic E-state index is 0.368. The van der Waals surface area contributed by atoms with Crippen LogP contribution in [0, 0.1) is 0 Å². The van der Waals surface area contributed by atoms with Gasteiger partial charge in [0, 0.05) is 13.8 Å². The first kappa shape index (κ1) is 14.0. The molecule has 0 fully saturated rings. The maximum atomic E-state index is 11.0. The van der Waals surface area contributed by atoms with Crippen LogP contribution >= 0.6 is 0 Å². The lowest BCUT2D eigenvalue weighted by molar-refractivity contribution is -0.145. The zero-order chi connectivity index (χ0) is 13.7. The summed E-state index contributed by atoms with van der Waals surface area (Å²) in [6, 6.07) is 6.77. The zero-order valence-electron chi connectivity index (χ0n) is 10.7. The highest BCUT2D eigenvalue weighted by atomic mass is 16.5. The van der Waals surface area contributed by atoms with Gasteiger partial charge in [-0.15, -0.1) is 0 Å². The van der Waals surface area contributed by atoms with Crippen molar-refractivity contribution in [2.75, 3.05) is 0 Å². The van der Waals surface area contributed by atoms with Crippen molar-refractivity contribution < 1.29 is 19.1 Å². The highest BCUT2D eigenvalue weighted by Crippen LogP contribution is 2.26. The maximum absolute atomic E-state index is 11.0. The van der Waals surface area contributed by atoms with E-state index in [0.29, 0.717) is 5.75 Å². The second-order valence-corrected chi connectivity index (χ2v) is 4.00. The number of hydrogen-bond acceptors (Lipinski definition) is 4. The molecule has 1 rings (SSSR count). The third-order valence-electron chi connectivity index (χ3n) is 2.18. The van der Waals surface area contributed by atoms with Crippen LogP contribution in [0.1, 0.15) is 32.4 Å². The second kappa shape index (κ2) is 6.00. The summed E-state index contributed by atoms with van der Waals surface area (Å²) in [6.45, 7) is 8.27. The molecule has 1 aromatic carbocycles. The molecule has 1 atom stereocenters. The van der Waals surface area contributed by atoms with E-state index in [0.717, 1.165) is 11.1 Å². The molecule has 0 spiro atoms. The Morgan fingerprint density at radius 1 is 1.06 bits per heavy atom. The van der Waals surface area contributed by atoms with Gasteiger partial charge in [0.25, 0.3) is 0 Å². The van der Waals surface area contributed by atoms with E-state index in [-0.39, 0.29) is 11.9 Å². The van der Waals surface area contributed by atoms with Crippen molar-refractivity contribution in [1.82, 2.24) is 0 Å². The SMILES string of the molecule is C=C(C)C(OC(C)=O)c1ccc(OC(C)=O)cc1. The maximum Gasteiger partial charge on any atom is 0.308 e. The van der Waals surface area contributed by atoms with Crippen molar-refractivity contribution in [2.45, 2.75) is 26.9 Å². The van der Waals surface area contributed by atoms with Crippen LogP contribution in [0.15, 0.2) is 36.4 Å². The molecule has 18 heavy (non-hydrogen) atoms. The molecular weight excluding hydrogens is 232 g/mol. The molecule has 0 saturated carbocycles. The number of esters is 2. The molecule has 4 nitrogen and oxygen atoms in total. The van der Waals surface area contributed by atoms with Crippen molar-refractivity contribution in [3.05, 3.63) is 42.0 Å². The van der Waals surface area contributed by atoms with Gasteiger partial charge in [0.15, 0.2) is 0 Å². The number of hydrogen-bond donors (Lipinski definition) is 0. The Balaban J connectivity index is 2.90. The summed E-state index contributed by atoms with van der Waals surface area (Å²) in [6.07, 6.45) is -0.478. The number of carbonyl (C=O) groups excluding carboxylic acids is 2. The average Bonchev–Trinajstić information content (AvgIpc) is 2.26. The van der Waals surface area contributed by atoms with Gasteiger partial charge in [-0.25, -0.2) is 0 Å². The molecule has 96 valence electrons. The van der Waals surface area contributed by atoms with Crippen LogP contribution in [0.4, 0.5) is 0 Å². The molecule has 0 aliphatic carbocycles. The topological polar surface area (TPSA) is 52.6 Å². The predicted octanol–water partition coefficient (Wildman–Crippen LogP) is 2.79. The lowest BCUT2D eigenvalue weighted by Gasteiger charge is -2.17. The van der Waals surface area contributed by atoms with E-state index in [9.17, 15) is 9.59 Å². The van der Waals surface area contributed by atoms with Gasteiger partial charge in [0.05, 0.1) is 0 Å². The normalized spacial score (nSPS) is 11.5. The first-order chi connectivity index (χ1) is 8.40. The van der Waals surface area contributed by atoms with Crippen LogP contribution in [0.25, 0.3) is 0 Å². The van der Waals surface area contributed by atoms with Crippen LogP contribution in [0.5, 0.6) is 5.75 Å². The van der Waals surface area contributed by atoms with Crippen LogP contribution < -0.4 is 4.74 Å². The lowest BCUT2D eigenvalue weighted by atomic mass is 10.0. The first-order valence-electron chi connectivity index (χ1n) is 5.51. The Morgan fingerprint density at radius 2 is 1.61 bits per heavy atom. The Labute approximate surface area is 106 Å². The average molecular weight is 248 g/mol. The number of rotatable bonds is 4. The molecule has 1 aromatic rings. The summed E-state index contributed by atoms with van der Waals surface area (Å²) >= 11 is 0. The molecule has 1 unspecified atom stereocenters. The Hall–Kier alpha value is -2.10. The van der Waals surface area contributed by atoms with Crippen LogP contribution in [-0.2, 0) is 14.3 Å². The molecule has 0 bridgehead atoms. The minimum Gasteiger partial charge on any atom is -0.453 e. The quantitative estimate of drug-likeness (QED) is 0.467. The Kier molecular flexibility index (Phi) is 4.66. The smallest absolute Gasteiger partial charge is 0.308 e. The molecule has 0 amide bonds. The molecule has 0 heterocycles. The van der Waals surface area contributed by atoms with Crippen molar-refractivity contribution in [2.24, 2.45) is 0 Å². The minimum atomic E-state index is -0.478. The lowest BCUT2D eigenvalue weighted by Crippen LogP contribution is -2.09. The van der Waals surface area contributed by atoms with Gasteiger partial charge in [-0.1, -0.05) is 18.7 Å². The van der Waals surface area contributed by atoms with Gasteiger partial charge >= 0.3 is 11.9 Å². The van der Waals surface area contributed by atoms with Crippen molar-refractivity contribution >= 4 is 11.9 Å². The van der Waals surface area contributed by atoms with Gasteiger partial charge in [-0.05, 0) is 30.2 Å². The number of benzene rings is 1. The van der Waals surface area contributed by atoms with E-state index in [2.05, 4.69) is 6.58 Å². The fraction of sp³-hybridized carbons (Fsp3) is 0.286. The van der Waals surface area contributed by atoms with Gasteiger partial charge in [0.2, 0.25) is 0 Å². The second-order valence-electron chi connectivity index (χ2n) is 4.00. The molecule has 0 aliphatic rings. The molecular formula is C14H16O4. The fourth-order valence-electron chi connectivity index (χ4n) is 1.50. The van der Waals surface area contributed by atoms with E-state index in [1.807, 2.05) is 0 Å². The van der Waals surface area contributed by atoms with E-state index in [4.69, 9.17) is 9.47 Å². The number of ether oxygens (including phenoxy) is 2. The summed E-state index contributed by atoms with van der Waals surface area (Å²) in [5, 5.41) is 0. The van der Waals surface area contributed by atoms with Gasteiger partial charge in [-0.2, -0.15) is 0 Å². The zero-order valence-corrected chi connectivity index (χ0v) is 10.7. The fourth-order valence-corrected chi connectivity index (χ4v) is 1.50. The van der Waals surface area contributed by atoms with Crippen molar-refractivity contribution in [3.63, 3.8) is 0 Å². The Morgan fingerprint density at radius 3 is 2.00 bits per heavy atom. The molecule has 0 aliphatic heterocycles. The van der Waals surface area contributed by atoms with E-state index < -0.39 is 6.10 Å². The van der Waals surface area contributed by atoms with Gasteiger partial charge in [0.1, 0.15) is 11.9 Å². The first-order valence-corrected chi connectivity index (χ1v) is 5.51. The monoisotopic (exact) mass is 248 g/mol.